The number of hydrogen-bond donors (Lipinski definition) is 2. The van der Waals surface area contributed by atoms with Crippen LogP contribution in [0.3, 0.4) is 0 Å². The summed E-state index contributed by atoms with van der Waals surface area (Å²) in [6.45, 7) is 2.41. The standard InChI is InChI=1S/C15H20N4O/c1-11-13(10-19(2)18-11)9-17-15(20)8-14(16)12-6-4-3-5-7-12/h3-7,10,14H,8-9,16H2,1-2H3,(H,17,20). The molecule has 0 saturated carbocycles. The first-order valence-corrected chi connectivity index (χ1v) is 6.62. The summed E-state index contributed by atoms with van der Waals surface area (Å²) in [5, 5.41) is 7.12. The minimum atomic E-state index is -0.272. The highest BCUT2D eigenvalue weighted by Gasteiger charge is 2.12. The maximum atomic E-state index is 11.9. The van der Waals surface area contributed by atoms with Gasteiger partial charge in [0.05, 0.1) is 5.69 Å². The molecule has 1 aromatic heterocycles. The summed E-state index contributed by atoms with van der Waals surface area (Å²) in [5.41, 5.74) is 8.95. The zero-order valence-electron chi connectivity index (χ0n) is 11.8. The minimum Gasteiger partial charge on any atom is -0.352 e. The Hall–Kier alpha value is -2.14. The number of rotatable bonds is 5. The third-order valence-corrected chi connectivity index (χ3v) is 3.22. The first-order chi connectivity index (χ1) is 9.56. The van der Waals surface area contributed by atoms with Crippen molar-refractivity contribution in [1.82, 2.24) is 15.1 Å². The highest BCUT2D eigenvalue weighted by Crippen LogP contribution is 2.13. The molecule has 1 unspecified atom stereocenters. The summed E-state index contributed by atoms with van der Waals surface area (Å²) in [4.78, 5) is 11.9. The van der Waals surface area contributed by atoms with Gasteiger partial charge in [-0.15, -0.1) is 0 Å². The zero-order valence-corrected chi connectivity index (χ0v) is 11.8. The molecule has 0 aliphatic carbocycles. The first kappa shape index (κ1) is 14.3. The Morgan fingerprint density at radius 3 is 2.70 bits per heavy atom. The third kappa shape index (κ3) is 3.68. The van der Waals surface area contributed by atoms with E-state index in [9.17, 15) is 4.79 Å². The quantitative estimate of drug-likeness (QED) is 0.865. The average molecular weight is 272 g/mol. The predicted molar refractivity (Wildman–Crippen MR) is 77.8 cm³/mol. The van der Waals surface area contributed by atoms with E-state index in [0.717, 1.165) is 16.8 Å². The zero-order chi connectivity index (χ0) is 14.5. The molecule has 2 rings (SSSR count). The molecule has 1 heterocycles. The lowest BCUT2D eigenvalue weighted by atomic mass is 10.0. The van der Waals surface area contributed by atoms with Gasteiger partial charge in [-0.05, 0) is 12.5 Å². The fourth-order valence-electron chi connectivity index (χ4n) is 2.11. The van der Waals surface area contributed by atoms with Gasteiger partial charge in [-0.2, -0.15) is 5.10 Å². The van der Waals surface area contributed by atoms with Crippen LogP contribution in [0.1, 0.15) is 29.3 Å². The van der Waals surface area contributed by atoms with Gasteiger partial charge in [0, 0.05) is 37.8 Å². The van der Waals surface area contributed by atoms with Crippen LogP contribution in [0.25, 0.3) is 0 Å². The second kappa shape index (κ2) is 6.34. The van der Waals surface area contributed by atoms with E-state index in [4.69, 9.17) is 5.73 Å². The predicted octanol–water partition coefficient (Wildman–Crippen LogP) is 1.43. The van der Waals surface area contributed by atoms with Crippen molar-refractivity contribution in [3.63, 3.8) is 0 Å². The number of nitrogens with two attached hydrogens (primary N) is 1. The number of carbonyl (C=O) groups excluding carboxylic acids is 1. The molecule has 0 saturated heterocycles. The van der Waals surface area contributed by atoms with Crippen molar-refractivity contribution in [1.29, 1.82) is 0 Å². The lowest BCUT2D eigenvalue weighted by Crippen LogP contribution is -2.27. The number of nitrogens with zero attached hydrogens (tertiary/aromatic N) is 2. The Balaban J connectivity index is 1.85. The third-order valence-electron chi connectivity index (χ3n) is 3.22. The second-order valence-electron chi connectivity index (χ2n) is 4.91. The smallest absolute Gasteiger partial charge is 0.222 e. The molecular formula is C15H20N4O. The van der Waals surface area contributed by atoms with Crippen LogP contribution in [0, 0.1) is 6.92 Å². The summed E-state index contributed by atoms with van der Waals surface area (Å²) in [6.07, 6.45) is 2.19. The Morgan fingerprint density at radius 2 is 2.10 bits per heavy atom. The number of aryl methyl sites for hydroxylation is 2. The van der Waals surface area contributed by atoms with E-state index in [1.165, 1.54) is 0 Å². The van der Waals surface area contributed by atoms with Crippen molar-refractivity contribution >= 4 is 5.91 Å². The van der Waals surface area contributed by atoms with Gasteiger partial charge in [-0.3, -0.25) is 9.48 Å². The number of hydrogen-bond acceptors (Lipinski definition) is 3. The second-order valence-corrected chi connectivity index (χ2v) is 4.91. The van der Waals surface area contributed by atoms with E-state index in [2.05, 4.69) is 10.4 Å². The van der Waals surface area contributed by atoms with Crippen LogP contribution in [-0.2, 0) is 18.4 Å². The molecule has 0 aliphatic rings. The molecule has 3 N–H and O–H groups in total. The molecule has 1 atom stereocenters. The molecule has 0 radical (unpaired) electrons. The topological polar surface area (TPSA) is 72.9 Å². The Kier molecular flexibility index (Phi) is 4.53. The SMILES string of the molecule is Cc1nn(C)cc1CNC(=O)CC(N)c1ccccc1. The monoisotopic (exact) mass is 272 g/mol. The van der Waals surface area contributed by atoms with E-state index in [1.54, 1.807) is 4.68 Å². The van der Waals surface area contributed by atoms with Gasteiger partial charge in [-0.1, -0.05) is 30.3 Å². The van der Waals surface area contributed by atoms with Crippen LogP contribution in [0.4, 0.5) is 0 Å². The summed E-state index contributed by atoms with van der Waals surface area (Å²) >= 11 is 0. The van der Waals surface area contributed by atoms with Crippen LogP contribution in [0.2, 0.25) is 0 Å². The van der Waals surface area contributed by atoms with Crippen molar-refractivity contribution in [2.24, 2.45) is 12.8 Å². The van der Waals surface area contributed by atoms with E-state index in [0.29, 0.717) is 6.54 Å². The molecule has 0 spiro atoms. The van der Waals surface area contributed by atoms with E-state index < -0.39 is 0 Å². The maximum Gasteiger partial charge on any atom is 0.222 e. The molecule has 106 valence electrons. The lowest BCUT2D eigenvalue weighted by molar-refractivity contribution is -0.121. The fourth-order valence-corrected chi connectivity index (χ4v) is 2.11. The molecule has 0 aliphatic heterocycles. The number of carbonyl (C=O) groups is 1. The summed E-state index contributed by atoms with van der Waals surface area (Å²) in [7, 11) is 1.86. The Labute approximate surface area is 118 Å². The number of aromatic nitrogens is 2. The van der Waals surface area contributed by atoms with Gasteiger partial charge < -0.3 is 11.1 Å². The summed E-state index contributed by atoms with van der Waals surface area (Å²) < 4.78 is 1.74. The Bertz CT molecular complexity index is 577. The van der Waals surface area contributed by atoms with Crippen molar-refractivity contribution < 1.29 is 4.79 Å². The maximum absolute atomic E-state index is 11.9. The van der Waals surface area contributed by atoms with E-state index in [1.807, 2.05) is 50.5 Å². The Morgan fingerprint density at radius 1 is 1.40 bits per heavy atom. The number of benzene rings is 1. The van der Waals surface area contributed by atoms with Crippen LogP contribution < -0.4 is 11.1 Å². The number of nitrogens with one attached hydrogen (secondary N) is 1. The van der Waals surface area contributed by atoms with Crippen LogP contribution in [0.5, 0.6) is 0 Å². The molecule has 5 heteroatoms. The molecule has 20 heavy (non-hydrogen) atoms. The normalized spacial score (nSPS) is 12.2. The molecule has 2 aromatic rings. The minimum absolute atomic E-state index is 0.0513. The fraction of sp³-hybridized carbons (Fsp3) is 0.333. The largest absolute Gasteiger partial charge is 0.352 e. The molecule has 0 bridgehead atoms. The average Bonchev–Trinajstić information content (AvgIpc) is 2.75. The molecule has 1 amide bonds. The van der Waals surface area contributed by atoms with Gasteiger partial charge in [0.25, 0.3) is 0 Å². The van der Waals surface area contributed by atoms with Crippen molar-refractivity contribution in [2.45, 2.75) is 25.9 Å². The first-order valence-electron chi connectivity index (χ1n) is 6.62. The summed E-state index contributed by atoms with van der Waals surface area (Å²) in [6, 6.07) is 9.37. The van der Waals surface area contributed by atoms with Crippen molar-refractivity contribution in [3.05, 3.63) is 53.3 Å². The van der Waals surface area contributed by atoms with Gasteiger partial charge >= 0.3 is 0 Å². The van der Waals surface area contributed by atoms with Gasteiger partial charge in [-0.25, -0.2) is 0 Å². The van der Waals surface area contributed by atoms with Gasteiger partial charge in [0.1, 0.15) is 0 Å². The number of amides is 1. The highest BCUT2D eigenvalue weighted by atomic mass is 16.1. The van der Waals surface area contributed by atoms with Gasteiger partial charge in [0.15, 0.2) is 0 Å². The van der Waals surface area contributed by atoms with Crippen LogP contribution in [-0.4, -0.2) is 15.7 Å². The van der Waals surface area contributed by atoms with Crippen molar-refractivity contribution in [2.75, 3.05) is 0 Å². The van der Waals surface area contributed by atoms with Crippen LogP contribution >= 0.6 is 0 Å². The van der Waals surface area contributed by atoms with E-state index in [-0.39, 0.29) is 18.4 Å². The summed E-state index contributed by atoms with van der Waals surface area (Å²) in [5.74, 6) is -0.0513. The highest BCUT2D eigenvalue weighted by molar-refractivity contribution is 5.76. The molecule has 5 nitrogen and oxygen atoms in total. The van der Waals surface area contributed by atoms with Crippen LogP contribution in [0.15, 0.2) is 36.5 Å². The lowest BCUT2D eigenvalue weighted by Gasteiger charge is -2.11. The van der Waals surface area contributed by atoms with Crippen molar-refractivity contribution in [3.8, 4) is 0 Å². The van der Waals surface area contributed by atoms with E-state index >= 15 is 0 Å². The molecule has 0 fully saturated rings. The van der Waals surface area contributed by atoms with Gasteiger partial charge in [0.2, 0.25) is 5.91 Å². The molecular weight excluding hydrogens is 252 g/mol. The molecule has 1 aromatic carbocycles.